The third kappa shape index (κ3) is 3.63. The Bertz CT molecular complexity index is 646. The fourth-order valence-corrected chi connectivity index (χ4v) is 3.46. The number of nitrogens with two attached hydrogens (primary N) is 1. The topological polar surface area (TPSA) is 43.1 Å². The van der Waals surface area contributed by atoms with E-state index in [0.29, 0.717) is 31.4 Å². The quantitative estimate of drug-likeness (QED) is 0.838. The fourth-order valence-electron chi connectivity index (χ4n) is 1.56. The maximum Gasteiger partial charge on any atom is 0.0595 e. The molecule has 2 nitrogen and oxygen atoms in total. The van der Waals surface area contributed by atoms with E-state index in [4.69, 9.17) is 40.5 Å². The molecular weight excluding hydrogens is 325 g/mol. The standard InChI is InChI=1S/C13H10Cl3NOS/c14-10-3-1-8(5-11(10)15)7-19(18)13-4-2-9(17)6-12(13)16/h1-6H,7,17H2. The van der Waals surface area contributed by atoms with Gasteiger partial charge in [-0.1, -0.05) is 40.9 Å². The molecule has 0 spiro atoms. The van der Waals surface area contributed by atoms with E-state index in [1.54, 1.807) is 36.4 Å². The van der Waals surface area contributed by atoms with Crippen LogP contribution in [0.5, 0.6) is 0 Å². The van der Waals surface area contributed by atoms with E-state index in [1.807, 2.05) is 0 Å². The molecule has 2 N–H and O–H groups in total. The number of nitrogen functional groups attached to an aromatic ring is 1. The summed E-state index contributed by atoms with van der Waals surface area (Å²) in [5.41, 5.74) is 6.98. The van der Waals surface area contributed by atoms with Gasteiger partial charge in [0.1, 0.15) is 0 Å². The van der Waals surface area contributed by atoms with Crippen molar-refractivity contribution in [2.45, 2.75) is 10.6 Å². The molecule has 0 radical (unpaired) electrons. The molecule has 100 valence electrons. The zero-order valence-corrected chi connectivity index (χ0v) is 12.8. The van der Waals surface area contributed by atoms with Gasteiger partial charge in [0, 0.05) is 5.69 Å². The molecule has 6 heteroatoms. The van der Waals surface area contributed by atoms with Crippen molar-refractivity contribution < 1.29 is 4.21 Å². The van der Waals surface area contributed by atoms with Gasteiger partial charge in [-0.2, -0.15) is 0 Å². The van der Waals surface area contributed by atoms with Crippen LogP contribution in [0.25, 0.3) is 0 Å². The van der Waals surface area contributed by atoms with Gasteiger partial charge in [-0.25, -0.2) is 0 Å². The summed E-state index contributed by atoms with van der Waals surface area (Å²) in [6.07, 6.45) is 0. The van der Waals surface area contributed by atoms with Crippen molar-refractivity contribution in [3.63, 3.8) is 0 Å². The number of hydrogen-bond donors (Lipinski definition) is 1. The molecule has 0 aliphatic carbocycles. The van der Waals surface area contributed by atoms with E-state index < -0.39 is 10.8 Å². The number of rotatable bonds is 3. The van der Waals surface area contributed by atoms with Gasteiger partial charge in [-0.05, 0) is 35.9 Å². The van der Waals surface area contributed by atoms with Gasteiger partial charge in [-0.3, -0.25) is 4.21 Å². The van der Waals surface area contributed by atoms with Crippen molar-refractivity contribution in [2.75, 3.05) is 5.73 Å². The maximum atomic E-state index is 12.3. The first-order valence-electron chi connectivity index (χ1n) is 5.34. The van der Waals surface area contributed by atoms with Crippen LogP contribution in [0.3, 0.4) is 0 Å². The highest BCUT2D eigenvalue weighted by Crippen LogP contribution is 2.27. The molecule has 0 aliphatic heterocycles. The predicted molar refractivity (Wildman–Crippen MR) is 82.4 cm³/mol. The average Bonchev–Trinajstić information content (AvgIpc) is 2.33. The molecule has 0 aliphatic rings. The normalized spacial score (nSPS) is 12.4. The first-order chi connectivity index (χ1) is 8.97. The monoisotopic (exact) mass is 333 g/mol. The van der Waals surface area contributed by atoms with Gasteiger partial charge < -0.3 is 5.73 Å². The Balaban J connectivity index is 2.23. The third-order valence-electron chi connectivity index (χ3n) is 2.48. The summed E-state index contributed by atoms with van der Waals surface area (Å²) in [6, 6.07) is 10.1. The largest absolute Gasteiger partial charge is 0.399 e. The van der Waals surface area contributed by atoms with Gasteiger partial charge in [0.15, 0.2) is 0 Å². The second-order valence-corrected chi connectivity index (χ2v) is 6.57. The molecule has 2 aromatic rings. The van der Waals surface area contributed by atoms with Crippen LogP contribution in [0.4, 0.5) is 5.69 Å². The van der Waals surface area contributed by atoms with E-state index in [2.05, 4.69) is 0 Å². The Hall–Kier alpha value is -0.740. The van der Waals surface area contributed by atoms with Crippen LogP contribution in [0.15, 0.2) is 41.3 Å². The predicted octanol–water partition coefficient (Wildman–Crippen LogP) is 4.54. The van der Waals surface area contributed by atoms with Crippen LogP contribution in [-0.2, 0) is 16.6 Å². The van der Waals surface area contributed by atoms with Crippen molar-refractivity contribution in [1.29, 1.82) is 0 Å². The molecule has 0 amide bonds. The number of anilines is 1. The van der Waals surface area contributed by atoms with Crippen LogP contribution < -0.4 is 5.73 Å². The minimum Gasteiger partial charge on any atom is -0.399 e. The van der Waals surface area contributed by atoms with Crippen LogP contribution >= 0.6 is 34.8 Å². The summed E-state index contributed by atoms with van der Waals surface area (Å²) in [6.45, 7) is 0. The lowest BCUT2D eigenvalue weighted by Crippen LogP contribution is -1.98. The Morgan fingerprint density at radius 2 is 1.68 bits per heavy atom. The first kappa shape index (κ1) is 14.7. The summed E-state index contributed by atoms with van der Waals surface area (Å²) in [5.74, 6) is 0.320. The molecule has 0 heterocycles. The number of hydrogen-bond acceptors (Lipinski definition) is 2. The van der Waals surface area contributed by atoms with E-state index in [1.165, 1.54) is 0 Å². The molecular formula is C13H10Cl3NOS. The fraction of sp³-hybridized carbons (Fsp3) is 0.0769. The minimum absolute atomic E-state index is 0.320. The van der Waals surface area contributed by atoms with Gasteiger partial charge in [0.2, 0.25) is 0 Å². The second kappa shape index (κ2) is 6.14. The molecule has 0 fully saturated rings. The summed E-state index contributed by atoms with van der Waals surface area (Å²) in [7, 11) is -1.26. The van der Waals surface area contributed by atoms with Gasteiger partial charge in [-0.15, -0.1) is 0 Å². The van der Waals surface area contributed by atoms with Crippen LogP contribution in [0.2, 0.25) is 15.1 Å². The van der Waals surface area contributed by atoms with Crippen molar-refractivity contribution in [2.24, 2.45) is 0 Å². The van der Waals surface area contributed by atoms with Gasteiger partial charge in [0.05, 0.1) is 36.5 Å². The van der Waals surface area contributed by atoms with Crippen molar-refractivity contribution >= 4 is 51.3 Å². The molecule has 1 unspecified atom stereocenters. The zero-order valence-electron chi connectivity index (χ0n) is 9.70. The molecule has 19 heavy (non-hydrogen) atoms. The lowest BCUT2D eigenvalue weighted by molar-refractivity contribution is 0.682. The van der Waals surface area contributed by atoms with Crippen molar-refractivity contribution in [1.82, 2.24) is 0 Å². The SMILES string of the molecule is Nc1ccc(S(=O)Cc2ccc(Cl)c(Cl)c2)c(Cl)c1. The van der Waals surface area contributed by atoms with Crippen molar-refractivity contribution in [3.8, 4) is 0 Å². The summed E-state index contributed by atoms with van der Waals surface area (Å²) in [5, 5.41) is 1.32. The highest BCUT2D eigenvalue weighted by Gasteiger charge is 2.10. The first-order valence-corrected chi connectivity index (χ1v) is 7.80. The Morgan fingerprint density at radius 1 is 0.947 bits per heavy atom. The lowest BCUT2D eigenvalue weighted by Gasteiger charge is -2.06. The van der Waals surface area contributed by atoms with Crippen LogP contribution in [-0.4, -0.2) is 4.21 Å². The molecule has 2 rings (SSSR count). The smallest absolute Gasteiger partial charge is 0.0595 e. The zero-order chi connectivity index (χ0) is 14.0. The lowest BCUT2D eigenvalue weighted by atomic mass is 10.2. The minimum atomic E-state index is -1.26. The van der Waals surface area contributed by atoms with E-state index >= 15 is 0 Å². The van der Waals surface area contributed by atoms with E-state index in [9.17, 15) is 4.21 Å². The molecule has 1 atom stereocenters. The Labute approximate surface area is 128 Å². The van der Waals surface area contributed by atoms with E-state index in [0.717, 1.165) is 5.56 Å². The van der Waals surface area contributed by atoms with Crippen LogP contribution in [0.1, 0.15) is 5.56 Å². The molecule has 0 saturated heterocycles. The third-order valence-corrected chi connectivity index (χ3v) is 5.09. The molecule has 0 aromatic heterocycles. The van der Waals surface area contributed by atoms with Crippen LogP contribution in [0, 0.1) is 0 Å². The van der Waals surface area contributed by atoms with Crippen molar-refractivity contribution in [3.05, 3.63) is 57.0 Å². The Morgan fingerprint density at radius 3 is 2.32 bits per heavy atom. The Kier molecular flexibility index (Phi) is 4.74. The highest BCUT2D eigenvalue weighted by molar-refractivity contribution is 7.84. The molecule has 0 saturated carbocycles. The van der Waals surface area contributed by atoms with Gasteiger partial charge in [0.25, 0.3) is 0 Å². The summed E-state index contributed by atoms with van der Waals surface area (Å²) < 4.78 is 12.3. The average molecular weight is 335 g/mol. The number of benzene rings is 2. The highest BCUT2D eigenvalue weighted by atomic mass is 35.5. The molecule has 0 bridgehead atoms. The maximum absolute atomic E-state index is 12.3. The molecule has 2 aromatic carbocycles. The second-order valence-electron chi connectivity index (χ2n) is 3.93. The summed E-state index contributed by atoms with van der Waals surface area (Å²) in [4.78, 5) is 0.557. The number of halogens is 3. The van der Waals surface area contributed by atoms with E-state index in [-0.39, 0.29) is 0 Å². The summed E-state index contributed by atoms with van der Waals surface area (Å²) >= 11 is 17.8. The van der Waals surface area contributed by atoms with Gasteiger partial charge >= 0.3 is 0 Å².